The minimum Gasteiger partial charge on any atom is -0.481 e. The van der Waals surface area contributed by atoms with Crippen LogP contribution in [0.25, 0.3) is 0 Å². The number of aliphatic carboxylic acids is 2. The zero-order chi connectivity index (χ0) is 11.4. The van der Waals surface area contributed by atoms with Gasteiger partial charge in [0, 0.05) is 13.1 Å². The van der Waals surface area contributed by atoms with Crippen LogP contribution in [-0.4, -0.2) is 35.2 Å². The van der Waals surface area contributed by atoms with Crippen molar-refractivity contribution in [2.45, 2.75) is 26.7 Å². The summed E-state index contributed by atoms with van der Waals surface area (Å²) in [5, 5.41) is 15.8. The van der Waals surface area contributed by atoms with E-state index in [1.807, 2.05) is 0 Å². The highest BCUT2D eigenvalue weighted by atomic mass is 16.4. The maximum absolute atomic E-state index is 9.64. The van der Waals surface area contributed by atoms with Crippen LogP contribution in [0, 0.1) is 0 Å². The van der Waals surface area contributed by atoms with Crippen LogP contribution in [0.5, 0.6) is 0 Å². The van der Waals surface area contributed by atoms with Crippen molar-refractivity contribution >= 4 is 11.9 Å². The molecular weight excluding hydrogens is 188 g/mol. The number of carboxylic acid groups (broad SMARTS) is 2. The zero-order valence-corrected chi connectivity index (χ0v) is 8.54. The Morgan fingerprint density at radius 1 is 0.929 bits per heavy atom. The van der Waals surface area contributed by atoms with Crippen LogP contribution in [0.3, 0.4) is 0 Å². The molecule has 6 nitrogen and oxygen atoms in total. The third kappa shape index (κ3) is 22.4. The number of carboxylic acids is 2. The Labute approximate surface area is 83.3 Å². The zero-order valence-electron chi connectivity index (χ0n) is 8.54. The molecule has 0 aromatic rings. The lowest BCUT2D eigenvalue weighted by atomic mass is 10.3. The van der Waals surface area contributed by atoms with Crippen LogP contribution in [0.15, 0.2) is 0 Å². The second kappa shape index (κ2) is 11.9. The Balaban J connectivity index is 0. The third-order valence-corrected chi connectivity index (χ3v) is 1.03. The van der Waals surface area contributed by atoms with Crippen molar-refractivity contribution in [3.63, 3.8) is 0 Å². The molecule has 0 aromatic heterocycles. The molecular formula is C8H18N2O4. The molecule has 0 aliphatic carbocycles. The molecule has 0 aliphatic rings. The van der Waals surface area contributed by atoms with Gasteiger partial charge in [-0.05, 0) is 0 Å². The highest BCUT2D eigenvalue weighted by Gasteiger charge is 2.00. The standard InChI is InChI=1S/C4H12N2.C4H6O4/c1-3-5-6-4-2;5-3(6)1-2-4(7)8/h5-6H,3-4H2,1-2H3;1-2H2,(H,5,6)(H,7,8). The second-order valence-corrected chi connectivity index (χ2v) is 2.35. The first kappa shape index (κ1) is 15.3. The Kier molecular flexibility index (Phi) is 13.0. The lowest BCUT2D eigenvalue weighted by Crippen LogP contribution is -2.30. The smallest absolute Gasteiger partial charge is 0.303 e. The second-order valence-electron chi connectivity index (χ2n) is 2.35. The summed E-state index contributed by atoms with van der Waals surface area (Å²) in [6.07, 6.45) is -0.593. The van der Waals surface area contributed by atoms with Crippen LogP contribution in [0.2, 0.25) is 0 Å². The average molecular weight is 206 g/mol. The molecule has 0 radical (unpaired) electrons. The number of hydrogen-bond acceptors (Lipinski definition) is 4. The van der Waals surface area contributed by atoms with E-state index < -0.39 is 11.9 Å². The first-order chi connectivity index (χ1) is 6.54. The van der Waals surface area contributed by atoms with Gasteiger partial charge in [0.25, 0.3) is 0 Å². The molecule has 0 saturated heterocycles. The molecule has 14 heavy (non-hydrogen) atoms. The summed E-state index contributed by atoms with van der Waals surface area (Å²) < 4.78 is 0. The Hall–Kier alpha value is -1.14. The molecule has 0 bridgehead atoms. The van der Waals surface area contributed by atoms with Gasteiger partial charge in [0.15, 0.2) is 0 Å². The molecule has 0 saturated carbocycles. The van der Waals surface area contributed by atoms with Crippen molar-refractivity contribution in [2.24, 2.45) is 0 Å². The van der Waals surface area contributed by atoms with Crippen LogP contribution in [0.4, 0.5) is 0 Å². The average Bonchev–Trinajstić information content (AvgIpc) is 2.12. The fourth-order valence-electron chi connectivity index (χ4n) is 0.464. The third-order valence-electron chi connectivity index (χ3n) is 1.03. The molecule has 0 amide bonds. The number of hydrazine groups is 1. The lowest BCUT2D eigenvalue weighted by molar-refractivity contribution is -0.143. The van der Waals surface area contributed by atoms with Gasteiger partial charge in [-0.3, -0.25) is 20.4 Å². The van der Waals surface area contributed by atoms with E-state index in [0.29, 0.717) is 0 Å². The van der Waals surface area contributed by atoms with Crippen molar-refractivity contribution in [2.75, 3.05) is 13.1 Å². The van der Waals surface area contributed by atoms with E-state index in [4.69, 9.17) is 10.2 Å². The van der Waals surface area contributed by atoms with E-state index in [9.17, 15) is 9.59 Å². The van der Waals surface area contributed by atoms with Crippen molar-refractivity contribution in [3.8, 4) is 0 Å². The first-order valence-corrected chi connectivity index (χ1v) is 4.43. The van der Waals surface area contributed by atoms with Gasteiger partial charge in [0.05, 0.1) is 12.8 Å². The maximum atomic E-state index is 9.64. The molecule has 0 heterocycles. The topological polar surface area (TPSA) is 98.7 Å². The maximum Gasteiger partial charge on any atom is 0.303 e. The van der Waals surface area contributed by atoms with E-state index in [1.165, 1.54) is 0 Å². The number of carbonyl (C=O) groups is 2. The van der Waals surface area contributed by atoms with Gasteiger partial charge in [0.1, 0.15) is 0 Å². The summed E-state index contributed by atoms with van der Waals surface area (Å²) >= 11 is 0. The van der Waals surface area contributed by atoms with Crippen molar-refractivity contribution in [1.29, 1.82) is 0 Å². The van der Waals surface area contributed by atoms with Gasteiger partial charge in [-0.1, -0.05) is 13.8 Å². The number of nitrogens with one attached hydrogen (secondary N) is 2. The molecule has 0 rings (SSSR count). The fraction of sp³-hybridized carbons (Fsp3) is 0.750. The molecule has 84 valence electrons. The minimum atomic E-state index is -1.08. The summed E-state index contributed by atoms with van der Waals surface area (Å²) in [6, 6.07) is 0. The molecule has 0 fully saturated rings. The quantitative estimate of drug-likeness (QED) is 0.362. The molecule has 0 spiro atoms. The monoisotopic (exact) mass is 206 g/mol. The van der Waals surface area contributed by atoms with Crippen molar-refractivity contribution in [1.82, 2.24) is 10.9 Å². The fourth-order valence-corrected chi connectivity index (χ4v) is 0.464. The molecule has 6 heteroatoms. The molecule has 4 N–H and O–H groups in total. The SMILES string of the molecule is CCNNCC.O=C(O)CCC(=O)O. The molecule has 0 atom stereocenters. The van der Waals surface area contributed by atoms with Gasteiger partial charge >= 0.3 is 11.9 Å². The summed E-state index contributed by atoms with van der Waals surface area (Å²) in [6.45, 7) is 6.10. The first-order valence-electron chi connectivity index (χ1n) is 4.43. The molecule has 0 unspecified atom stereocenters. The van der Waals surface area contributed by atoms with Gasteiger partial charge in [-0.2, -0.15) is 0 Å². The summed E-state index contributed by atoms with van der Waals surface area (Å²) in [5.74, 6) is -2.15. The van der Waals surface area contributed by atoms with Gasteiger partial charge < -0.3 is 10.2 Å². The van der Waals surface area contributed by atoms with Crippen LogP contribution >= 0.6 is 0 Å². The summed E-state index contributed by atoms with van der Waals surface area (Å²) in [5.41, 5.74) is 5.90. The Bertz CT molecular complexity index is 143. The number of rotatable bonds is 6. The van der Waals surface area contributed by atoms with E-state index in [2.05, 4.69) is 24.7 Å². The minimum absolute atomic E-state index is 0.296. The van der Waals surface area contributed by atoms with Crippen LogP contribution in [0.1, 0.15) is 26.7 Å². The predicted molar refractivity (Wildman–Crippen MR) is 51.9 cm³/mol. The van der Waals surface area contributed by atoms with Crippen LogP contribution in [-0.2, 0) is 9.59 Å². The van der Waals surface area contributed by atoms with Crippen molar-refractivity contribution in [3.05, 3.63) is 0 Å². The summed E-state index contributed by atoms with van der Waals surface area (Å²) in [7, 11) is 0. The lowest BCUT2D eigenvalue weighted by Gasteiger charge is -1.95. The van der Waals surface area contributed by atoms with Crippen molar-refractivity contribution < 1.29 is 19.8 Å². The van der Waals surface area contributed by atoms with E-state index in [-0.39, 0.29) is 12.8 Å². The summed E-state index contributed by atoms with van der Waals surface area (Å²) in [4.78, 5) is 19.3. The highest BCUT2D eigenvalue weighted by Crippen LogP contribution is 1.86. The predicted octanol–water partition coefficient (Wildman–Crippen LogP) is 0.0562. The van der Waals surface area contributed by atoms with Gasteiger partial charge in [-0.15, -0.1) is 0 Å². The number of hydrogen-bond donors (Lipinski definition) is 4. The van der Waals surface area contributed by atoms with E-state index >= 15 is 0 Å². The largest absolute Gasteiger partial charge is 0.481 e. The van der Waals surface area contributed by atoms with Gasteiger partial charge in [-0.25, -0.2) is 0 Å². The molecule has 0 aliphatic heterocycles. The van der Waals surface area contributed by atoms with Gasteiger partial charge in [0.2, 0.25) is 0 Å². The van der Waals surface area contributed by atoms with E-state index in [1.54, 1.807) is 0 Å². The van der Waals surface area contributed by atoms with E-state index in [0.717, 1.165) is 13.1 Å². The Morgan fingerprint density at radius 3 is 1.36 bits per heavy atom. The normalized spacial score (nSPS) is 8.71. The van der Waals surface area contributed by atoms with Crippen LogP contribution < -0.4 is 10.9 Å². The molecule has 0 aromatic carbocycles. The highest BCUT2D eigenvalue weighted by molar-refractivity contribution is 5.75. The Morgan fingerprint density at radius 2 is 1.21 bits per heavy atom.